The molecular weight excluding hydrogens is 419 g/mol. The summed E-state index contributed by atoms with van der Waals surface area (Å²) in [6.45, 7) is 0. The van der Waals surface area contributed by atoms with Crippen molar-refractivity contribution in [2.24, 2.45) is 0 Å². The molecule has 0 atom stereocenters. The zero-order valence-electron chi connectivity index (χ0n) is 14.5. The van der Waals surface area contributed by atoms with Gasteiger partial charge in [-0.25, -0.2) is 4.98 Å². The third kappa shape index (κ3) is 4.61. The fourth-order valence-corrected chi connectivity index (χ4v) is 2.75. The Morgan fingerprint density at radius 3 is 1.37 bits per heavy atom. The second kappa shape index (κ2) is 9.11. The van der Waals surface area contributed by atoms with E-state index in [1.807, 2.05) is 72.8 Å². The second-order valence-electron chi connectivity index (χ2n) is 5.80. The molecule has 0 N–H and O–H groups in total. The Hall–Kier alpha value is -2.97. The van der Waals surface area contributed by atoms with Gasteiger partial charge >= 0.3 is 0 Å². The first-order valence-corrected chi connectivity index (χ1v) is 8.47. The first kappa shape index (κ1) is 18.8. The molecule has 0 unspecified atom stereocenters. The van der Waals surface area contributed by atoms with E-state index in [-0.39, 0.29) is 19.5 Å². The summed E-state index contributed by atoms with van der Waals surface area (Å²) in [4.78, 5) is 13.0. The molecule has 3 aromatic heterocycles. The molecule has 0 saturated heterocycles. The van der Waals surface area contributed by atoms with Gasteiger partial charge in [-0.05, 0) is 42.5 Å². The number of aromatic nitrogens is 3. The van der Waals surface area contributed by atoms with E-state index in [1.165, 1.54) is 10.8 Å². The van der Waals surface area contributed by atoms with Crippen molar-refractivity contribution in [3.8, 4) is 11.4 Å². The number of hydrogen-bond donors (Lipinski definition) is 0. The standard InChI is InChI=1S/C13H9N.C10H8N2.Ru/c1-3-7-12-10(5-1)9-11-6-2-4-8-13(11)14-12;1-3-7-11-9(5-1)10-6-2-4-8-12-10;/h1-9H;1-8H;. The van der Waals surface area contributed by atoms with Crippen LogP contribution in [0.3, 0.4) is 0 Å². The number of para-hydroxylation sites is 2. The average molecular weight is 436 g/mol. The molecule has 0 spiro atoms. The summed E-state index contributed by atoms with van der Waals surface area (Å²) in [6, 6.07) is 30.2. The molecule has 3 heterocycles. The Bertz CT molecular complexity index is 987. The fraction of sp³-hybridized carbons (Fsp3) is 0. The summed E-state index contributed by atoms with van der Waals surface area (Å²) in [5.41, 5.74) is 3.95. The van der Waals surface area contributed by atoms with Crippen LogP contribution in [-0.2, 0) is 19.5 Å². The van der Waals surface area contributed by atoms with Gasteiger partial charge in [-0.2, -0.15) is 0 Å². The average Bonchev–Trinajstić information content (AvgIpc) is 2.74. The Balaban J connectivity index is 0.000000152. The van der Waals surface area contributed by atoms with Gasteiger partial charge in [-0.3, -0.25) is 9.97 Å². The van der Waals surface area contributed by atoms with Gasteiger partial charge in [0, 0.05) is 42.6 Å². The third-order valence-corrected chi connectivity index (χ3v) is 4.02. The predicted molar refractivity (Wildman–Crippen MR) is 107 cm³/mol. The van der Waals surface area contributed by atoms with E-state index < -0.39 is 0 Å². The number of nitrogens with zero attached hydrogens (tertiary/aromatic N) is 3. The molecule has 132 valence electrons. The Morgan fingerprint density at radius 2 is 0.926 bits per heavy atom. The third-order valence-electron chi connectivity index (χ3n) is 4.02. The Labute approximate surface area is 170 Å². The smallest absolute Gasteiger partial charge is 0.0886 e. The predicted octanol–water partition coefficient (Wildman–Crippen LogP) is 5.53. The van der Waals surface area contributed by atoms with Gasteiger partial charge in [0.2, 0.25) is 0 Å². The van der Waals surface area contributed by atoms with Crippen LogP contribution in [0.5, 0.6) is 0 Å². The van der Waals surface area contributed by atoms with Crippen molar-refractivity contribution >= 4 is 21.8 Å². The molecule has 0 aliphatic rings. The van der Waals surface area contributed by atoms with Crippen molar-refractivity contribution in [1.29, 1.82) is 0 Å². The molecular formula is C23H17N3Ru. The van der Waals surface area contributed by atoms with E-state index in [2.05, 4.69) is 33.2 Å². The van der Waals surface area contributed by atoms with E-state index in [4.69, 9.17) is 0 Å². The Morgan fingerprint density at radius 1 is 0.481 bits per heavy atom. The largest absolute Gasteiger partial charge is 0.255 e. The topological polar surface area (TPSA) is 38.7 Å². The van der Waals surface area contributed by atoms with E-state index in [1.54, 1.807) is 12.4 Å². The van der Waals surface area contributed by atoms with Gasteiger partial charge in [0.05, 0.1) is 22.4 Å². The molecule has 0 radical (unpaired) electrons. The number of fused-ring (bicyclic) bond motifs is 2. The minimum absolute atomic E-state index is 0. The van der Waals surface area contributed by atoms with Crippen LogP contribution in [0.2, 0.25) is 0 Å². The summed E-state index contributed by atoms with van der Waals surface area (Å²) in [6.07, 6.45) is 3.54. The van der Waals surface area contributed by atoms with Gasteiger partial charge in [0.15, 0.2) is 0 Å². The van der Waals surface area contributed by atoms with Crippen LogP contribution >= 0.6 is 0 Å². The maximum absolute atomic E-state index is 4.58. The molecule has 0 fully saturated rings. The van der Waals surface area contributed by atoms with Gasteiger partial charge in [-0.1, -0.05) is 48.5 Å². The minimum atomic E-state index is 0. The van der Waals surface area contributed by atoms with Gasteiger partial charge < -0.3 is 0 Å². The fourth-order valence-electron chi connectivity index (χ4n) is 2.75. The molecule has 4 heteroatoms. The van der Waals surface area contributed by atoms with Crippen LogP contribution in [0.4, 0.5) is 0 Å². The van der Waals surface area contributed by atoms with Crippen molar-refractivity contribution in [3.05, 3.63) is 103 Å². The molecule has 0 saturated carbocycles. The molecule has 0 bridgehead atoms. The summed E-state index contributed by atoms with van der Waals surface area (Å²) >= 11 is 0. The number of pyridine rings is 3. The first-order chi connectivity index (χ1) is 12.9. The normalized spacial score (nSPS) is 9.93. The molecule has 5 rings (SSSR count). The summed E-state index contributed by atoms with van der Waals surface area (Å²) in [5.74, 6) is 0. The molecule has 0 aliphatic carbocycles. The molecule has 27 heavy (non-hydrogen) atoms. The number of rotatable bonds is 1. The number of benzene rings is 2. The van der Waals surface area contributed by atoms with Crippen molar-refractivity contribution in [1.82, 2.24) is 15.0 Å². The van der Waals surface area contributed by atoms with E-state index in [0.29, 0.717) is 0 Å². The van der Waals surface area contributed by atoms with Crippen LogP contribution in [0.1, 0.15) is 0 Å². The summed E-state index contributed by atoms with van der Waals surface area (Å²) in [7, 11) is 0. The number of hydrogen-bond acceptors (Lipinski definition) is 3. The summed E-state index contributed by atoms with van der Waals surface area (Å²) < 4.78 is 0. The van der Waals surface area contributed by atoms with Crippen molar-refractivity contribution < 1.29 is 19.5 Å². The Kier molecular flexibility index (Phi) is 6.35. The zero-order valence-corrected chi connectivity index (χ0v) is 16.2. The van der Waals surface area contributed by atoms with Crippen molar-refractivity contribution in [3.63, 3.8) is 0 Å². The molecule has 0 aliphatic heterocycles. The van der Waals surface area contributed by atoms with Crippen LogP contribution in [0.15, 0.2) is 103 Å². The van der Waals surface area contributed by atoms with Gasteiger partial charge in [0.1, 0.15) is 0 Å². The molecule has 5 aromatic rings. The molecule has 0 amide bonds. The van der Waals surface area contributed by atoms with Crippen LogP contribution < -0.4 is 0 Å². The molecule has 3 nitrogen and oxygen atoms in total. The van der Waals surface area contributed by atoms with Gasteiger partial charge in [-0.15, -0.1) is 0 Å². The van der Waals surface area contributed by atoms with Crippen molar-refractivity contribution in [2.75, 3.05) is 0 Å². The second-order valence-corrected chi connectivity index (χ2v) is 5.80. The van der Waals surface area contributed by atoms with E-state index in [9.17, 15) is 0 Å². The zero-order chi connectivity index (χ0) is 17.6. The maximum atomic E-state index is 4.58. The van der Waals surface area contributed by atoms with Crippen LogP contribution in [0.25, 0.3) is 33.2 Å². The van der Waals surface area contributed by atoms with Gasteiger partial charge in [0.25, 0.3) is 0 Å². The maximum Gasteiger partial charge on any atom is 0.0886 e. The quantitative estimate of drug-likeness (QED) is 0.256. The first-order valence-electron chi connectivity index (χ1n) is 8.47. The van der Waals surface area contributed by atoms with Crippen molar-refractivity contribution in [2.45, 2.75) is 0 Å². The monoisotopic (exact) mass is 437 g/mol. The van der Waals surface area contributed by atoms with Crippen LogP contribution in [-0.4, -0.2) is 15.0 Å². The van der Waals surface area contributed by atoms with E-state index >= 15 is 0 Å². The summed E-state index contributed by atoms with van der Waals surface area (Å²) in [5, 5.41) is 2.40. The van der Waals surface area contributed by atoms with E-state index in [0.717, 1.165) is 22.4 Å². The minimum Gasteiger partial charge on any atom is -0.255 e. The van der Waals surface area contributed by atoms with Crippen LogP contribution in [0, 0.1) is 0 Å². The molecule has 2 aromatic carbocycles. The SMILES string of the molecule is [Ru].c1ccc(-c2ccccn2)nc1.c1ccc2nc3ccccc3cc2c1.